The highest BCUT2D eigenvalue weighted by atomic mass is 16.3. The van der Waals surface area contributed by atoms with E-state index in [1.54, 1.807) is 0 Å². The third kappa shape index (κ3) is 5.81. The van der Waals surface area contributed by atoms with Crippen molar-refractivity contribution in [1.29, 1.82) is 0 Å². The number of carbonyl (C=O) groups is 2. The number of carbonyl (C=O) groups excluding carboxylic acids is 2. The second kappa shape index (κ2) is 10.1. The molecule has 6 heteroatoms. The lowest BCUT2D eigenvalue weighted by molar-refractivity contribution is -0.135. The molecule has 0 radical (unpaired) electrons. The van der Waals surface area contributed by atoms with Gasteiger partial charge in [0, 0.05) is 0 Å². The second-order valence-corrected chi connectivity index (χ2v) is 9.71. The van der Waals surface area contributed by atoms with Crippen LogP contribution < -0.4 is 10.6 Å². The quantitative estimate of drug-likeness (QED) is 0.418. The zero-order valence-electron chi connectivity index (χ0n) is 19.0. The van der Waals surface area contributed by atoms with E-state index in [4.69, 9.17) is 0 Å². The summed E-state index contributed by atoms with van der Waals surface area (Å²) in [5.41, 5.74) is 0.197. The fraction of sp³-hybridized carbons (Fsp3) is 0.481. The number of hydrogen-bond donors (Lipinski definition) is 4. The number of hydrogen-bond acceptors (Lipinski definition) is 4. The van der Waals surface area contributed by atoms with Crippen molar-refractivity contribution in [2.75, 3.05) is 0 Å². The molecule has 2 atom stereocenters. The van der Waals surface area contributed by atoms with Crippen molar-refractivity contribution in [1.82, 2.24) is 10.6 Å². The lowest BCUT2D eigenvalue weighted by Gasteiger charge is -2.44. The molecule has 6 nitrogen and oxygen atoms in total. The average Bonchev–Trinajstić information content (AvgIpc) is 2.76. The van der Waals surface area contributed by atoms with Crippen LogP contribution in [0.5, 0.6) is 0 Å². The molecule has 2 aliphatic rings. The number of nitrogens with one attached hydrogen (secondary N) is 2. The maximum atomic E-state index is 12.8. The van der Waals surface area contributed by atoms with Gasteiger partial charge in [-0.25, -0.2) is 0 Å². The monoisotopic (exact) mass is 450 g/mol. The summed E-state index contributed by atoms with van der Waals surface area (Å²) in [5.74, 6) is -0.819. The van der Waals surface area contributed by atoms with E-state index in [-0.39, 0.29) is 6.42 Å². The molecule has 176 valence electrons. The summed E-state index contributed by atoms with van der Waals surface area (Å²) < 4.78 is 0. The molecule has 33 heavy (non-hydrogen) atoms. The van der Waals surface area contributed by atoms with Crippen LogP contribution in [0.3, 0.4) is 0 Å². The first kappa shape index (κ1) is 23.5. The van der Waals surface area contributed by atoms with Crippen LogP contribution >= 0.6 is 0 Å². The third-order valence-electron chi connectivity index (χ3n) is 7.29. The Morgan fingerprint density at radius 2 is 1.06 bits per heavy atom. The molecule has 0 heterocycles. The van der Waals surface area contributed by atoms with E-state index < -0.39 is 35.1 Å². The fourth-order valence-corrected chi connectivity index (χ4v) is 4.86. The first-order chi connectivity index (χ1) is 15.9. The standard InChI is InChI=1S/C27H34N2O4/c30-24(28-22(26(32)13-7-14-26)17-20-9-3-1-4-10-20)19-25(31)29-23(27(33)15-8-16-27)18-21-11-5-2-6-12-21/h1-6,9-12,22-23,32-33H,7-8,13-19H2,(H,28,30)(H,29,31). The average molecular weight is 451 g/mol. The van der Waals surface area contributed by atoms with E-state index in [9.17, 15) is 19.8 Å². The van der Waals surface area contributed by atoms with Gasteiger partial charge in [0.05, 0.1) is 23.3 Å². The van der Waals surface area contributed by atoms with Gasteiger partial charge in [-0.1, -0.05) is 60.7 Å². The molecular weight excluding hydrogens is 416 g/mol. The van der Waals surface area contributed by atoms with Crippen molar-refractivity contribution < 1.29 is 19.8 Å². The summed E-state index contributed by atoms with van der Waals surface area (Å²) in [6, 6.07) is 18.6. The van der Waals surface area contributed by atoms with Crippen LogP contribution in [0.15, 0.2) is 60.7 Å². The van der Waals surface area contributed by atoms with Crippen LogP contribution in [-0.4, -0.2) is 45.3 Å². The first-order valence-corrected chi connectivity index (χ1v) is 12.0. The van der Waals surface area contributed by atoms with Crippen LogP contribution in [0.1, 0.15) is 56.1 Å². The van der Waals surface area contributed by atoms with Gasteiger partial charge >= 0.3 is 0 Å². The summed E-state index contributed by atoms with van der Waals surface area (Å²) >= 11 is 0. The maximum Gasteiger partial charge on any atom is 0.229 e. The molecule has 0 bridgehead atoms. The van der Waals surface area contributed by atoms with Crippen molar-refractivity contribution in [2.45, 2.75) is 81.1 Å². The Labute approximate surface area is 195 Å². The molecule has 2 aromatic rings. The van der Waals surface area contributed by atoms with Crippen LogP contribution in [0, 0.1) is 0 Å². The van der Waals surface area contributed by atoms with E-state index in [1.807, 2.05) is 60.7 Å². The molecule has 0 aromatic heterocycles. The van der Waals surface area contributed by atoms with Gasteiger partial charge in [-0.15, -0.1) is 0 Å². The second-order valence-electron chi connectivity index (χ2n) is 9.71. The summed E-state index contributed by atoms with van der Waals surface area (Å²) in [6.45, 7) is 0. The molecule has 2 aliphatic carbocycles. The molecule has 2 saturated carbocycles. The topological polar surface area (TPSA) is 98.7 Å². The van der Waals surface area contributed by atoms with Gasteiger partial charge < -0.3 is 20.8 Å². The van der Waals surface area contributed by atoms with Gasteiger partial charge in [-0.05, 0) is 62.5 Å². The van der Waals surface area contributed by atoms with Crippen LogP contribution in [0.4, 0.5) is 0 Å². The molecule has 2 fully saturated rings. The highest BCUT2D eigenvalue weighted by molar-refractivity contribution is 5.97. The third-order valence-corrected chi connectivity index (χ3v) is 7.29. The molecule has 0 spiro atoms. The highest BCUT2D eigenvalue weighted by Crippen LogP contribution is 2.37. The van der Waals surface area contributed by atoms with Crippen molar-refractivity contribution in [2.24, 2.45) is 0 Å². The lowest BCUT2D eigenvalue weighted by atomic mass is 9.72. The number of benzene rings is 2. The van der Waals surface area contributed by atoms with Crippen molar-refractivity contribution in [3.8, 4) is 0 Å². The molecule has 4 N–H and O–H groups in total. The van der Waals surface area contributed by atoms with Gasteiger partial charge in [0.2, 0.25) is 11.8 Å². The summed E-state index contributed by atoms with van der Waals surface area (Å²) in [5, 5.41) is 27.7. The minimum Gasteiger partial charge on any atom is -0.388 e. The minimum atomic E-state index is -0.932. The number of aliphatic hydroxyl groups is 2. The SMILES string of the molecule is O=C(CC(=O)NC(Cc1ccccc1)C1(O)CCC1)NC(Cc1ccccc1)C1(O)CCC1. The lowest BCUT2D eigenvalue weighted by Crippen LogP contribution is -2.59. The fourth-order valence-electron chi connectivity index (χ4n) is 4.86. The molecule has 0 aliphatic heterocycles. The van der Waals surface area contributed by atoms with Crippen molar-refractivity contribution in [3.63, 3.8) is 0 Å². The van der Waals surface area contributed by atoms with Crippen LogP contribution in [-0.2, 0) is 22.4 Å². The Kier molecular flexibility index (Phi) is 7.15. The largest absolute Gasteiger partial charge is 0.388 e. The zero-order valence-corrected chi connectivity index (χ0v) is 19.0. The molecule has 0 saturated heterocycles. The predicted octanol–water partition coefficient (Wildman–Crippen LogP) is 2.66. The molecule has 2 amide bonds. The molecular formula is C27H34N2O4. The Hall–Kier alpha value is -2.70. The summed E-state index contributed by atoms with van der Waals surface area (Å²) in [6.07, 6.45) is 5.12. The van der Waals surface area contributed by atoms with Crippen LogP contribution in [0.25, 0.3) is 0 Å². The van der Waals surface area contributed by atoms with Gasteiger partial charge in [-0.3, -0.25) is 9.59 Å². The van der Waals surface area contributed by atoms with E-state index in [0.29, 0.717) is 38.5 Å². The van der Waals surface area contributed by atoms with Gasteiger partial charge in [0.1, 0.15) is 6.42 Å². The first-order valence-electron chi connectivity index (χ1n) is 12.0. The van der Waals surface area contributed by atoms with Gasteiger partial charge in [0.15, 0.2) is 0 Å². The van der Waals surface area contributed by atoms with Crippen LogP contribution in [0.2, 0.25) is 0 Å². The van der Waals surface area contributed by atoms with E-state index in [0.717, 1.165) is 24.0 Å². The van der Waals surface area contributed by atoms with Crippen molar-refractivity contribution >= 4 is 11.8 Å². The van der Waals surface area contributed by atoms with Gasteiger partial charge in [-0.2, -0.15) is 0 Å². The Balaban J connectivity index is 1.37. The maximum absolute atomic E-state index is 12.8. The minimum absolute atomic E-state index is 0.331. The van der Waals surface area contributed by atoms with Crippen molar-refractivity contribution in [3.05, 3.63) is 71.8 Å². The number of rotatable bonds is 10. The Bertz CT molecular complexity index is 862. The smallest absolute Gasteiger partial charge is 0.229 e. The Morgan fingerprint density at radius 1 is 0.697 bits per heavy atom. The van der Waals surface area contributed by atoms with E-state index in [1.165, 1.54) is 0 Å². The molecule has 4 rings (SSSR count). The van der Waals surface area contributed by atoms with Gasteiger partial charge in [0.25, 0.3) is 0 Å². The van der Waals surface area contributed by atoms with E-state index >= 15 is 0 Å². The molecule has 2 unspecified atom stereocenters. The summed E-state index contributed by atoms with van der Waals surface area (Å²) in [4.78, 5) is 25.5. The molecule has 2 aromatic carbocycles. The number of amides is 2. The Morgan fingerprint density at radius 3 is 1.36 bits per heavy atom. The summed E-state index contributed by atoms with van der Waals surface area (Å²) in [7, 11) is 0. The normalized spacial score (nSPS) is 19.9. The highest BCUT2D eigenvalue weighted by Gasteiger charge is 2.44. The predicted molar refractivity (Wildman–Crippen MR) is 126 cm³/mol. The zero-order chi connectivity index (χ0) is 23.3. The van der Waals surface area contributed by atoms with E-state index in [2.05, 4.69) is 10.6 Å².